The summed E-state index contributed by atoms with van der Waals surface area (Å²) >= 11 is 0. The molecule has 3 atom stereocenters. The van der Waals surface area contributed by atoms with Crippen molar-refractivity contribution in [2.45, 2.75) is 71.8 Å². The number of carboxylic acid groups (broad SMARTS) is 1. The molecule has 1 amide bonds. The van der Waals surface area contributed by atoms with Gasteiger partial charge in [0, 0.05) is 31.6 Å². The number of unbranched alkanes of at least 4 members (excludes halogenated alkanes) is 2. The Hall–Kier alpha value is -2.78. The monoisotopic (exact) mass is 545 g/mol. The van der Waals surface area contributed by atoms with Gasteiger partial charge in [-0.1, -0.05) is 39.3 Å². The largest absolute Gasteiger partial charge is 0.493 e. The molecule has 9 heteroatoms. The minimum absolute atomic E-state index is 0.0439. The van der Waals surface area contributed by atoms with E-state index in [1.54, 1.807) is 7.11 Å². The minimum Gasteiger partial charge on any atom is -0.493 e. The number of carbonyl (C=O) groups is 2. The number of fused-ring (bicyclic) bond motifs is 1. The van der Waals surface area contributed by atoms with Crippen molar-refractivity contribution in [1.82, 2.24) is 9.80 Å². The highest BCUT2D eigenvalue weighted by Crippen LogP contribution is 2.48. The van der Waals surface area contributed by atoms with E-state index in [0.29, 0.717) is 49.8 Å². The summed E-state index contributed by atoms with van der Waals surface area (Å²) in [6, 6.07) is 3.40. The lowest BCUT2D eigenvalue weighted by Gasteiger charge is -2.34. The minimum atomic E-state index is -0.862. The van der Waals surface area contributed by atoms with E-state index in [0.717, 1.165) is 31.2 Å². The van der Waals surface area contributed by atoms with Crippen molar-refractivity contribution < 1.29 is 28.9 Å². The number of hydrogen-bond donors (Lipinski definition) is 2. The number of hydrogen-bond acceptors (Lipinski definition) is 7. The smallest absolute Gasteiger partial charge is 0.308 e. The van der Waals surface area contributed by atoms with Gasteiger partial charge in [-0.25, -0.2) is 0 Å². The lowest BCUT2D eigenvalue weighted by atomic mass is 9.77. The Labute approximate surface area is 233 Å². The highest BCUT2D eigenvalue weighted by atomic mass is 16.7. The molecule has 0 aromatic heterocycles. The molecule has 0 unspecified atom stereocenters. The summed E-state index contributed by atoms with van der Waals surface area (Å²) in [6.07, 6.45) is 8.40. The van der Waals surface area contributed by atoms with Gasteiger partial charge in [0.2, 0.25) is 18.4 Å². The number of ether oxygens (including phenoxy) is 3. The van der Waals surface area contributed by atoms with E-state index >= 15 is 0 Å². The van der Waals surface area contributed by atoms with Gasteiger partial charge in [-0.2, -0.15) is 0 Å². The molecule has 0 saturated carbocycles. The third-order valence-electron chi connectivity index (χ3n) is 7.85. The van der Waals surface area contributed by atoms with Gasteiger partial charge in [0.25, 0.3) is 0 Å². The molecule has 3 rings (SSSR count). The molecule has 1 aromatic carbocycles. The van der Waals surface area contributed by atoms with Gasteiger partial charge in [0.1, 0.15) is 0 Å². The van der Waals surface area contributed by atoms with Crippen LogP contribution in [-0.2, 0) is 9.59 Å². The standard InChI is InChI=1S/C30H47N3O6/c1-6-8-13-32(14-10-9-12-31)26(34)19-33-18-22(21-15-24(37-5)28-25(16-21)38-20-39-28)27(29(35)36)23(33)17-30(3,4)11-7-2/h7,11,15-16,22-23,27H,6,8-10,12-14,17-20,31H2,1-5H3,(H,35,36)/b11-7+/t22-,23+,27-/m1/s1. The third kappa shape index (κ3) is 7.66. The van der Waals surface area contributed by atoms with E-state index in [4.69, 9.17) is 19.9 Å². The van der Waals surface area contributed by atoms with E-state index in [9.17, 15) is 14.7 Å². The molecule has 0 spiro atoms. The van der Waals surface area contributed by atoms with Gasteiger partial charge in [0.05, 0.1) is 19.6 Å². The Morgan fingerprint density at radius 2 is 1.97 bits per heavy atom. The van der Waals surface area contributed by atoms with Crippen LogP contribution in [0.4, 0.5) is 0 Å². The maximum Gasteiger partial charge on any atom is 0.308 e. The van der Waals surface area contributed by atoms with Gasteiger partial charge >= 0.3 is 5.97 Å². The fraction of sp³-hybridized carbons (Fsp3) is 0.667. The SMILES string of the molecule is C/C=C/C(C)(C)C[C@H]1[C@H](C(=O)O)[C@@H](c2cc(OC)c3c(c2)OCO3)CN1CC(=O)N(CCCC)CCCCN. The van der Waals surface area contributed by atoms with Crippen LogP contribution < -0.4 is 19.9 Å². The number of aliphatic carboxylic acids is 1. The first-order valence-corrected chi connectivity index (χ1v) is 14.2. The number of nitrogens with two attached hydrogens (primary N) is 1. The van der Waals surface area contributed by atoms with Crippen molar-refractivity contribution in [3.63, 3.8) is 0 Å². The second-order valence-corrected chi connectivity index (χ2v) is 11.3. The van der Waals surface area contributed by atoms with Crippen molar-refractivity contribution in [3.8, 4) is 17.2 Å². The number of amides is 1. The van der Waals surface area contributed by atoms with Crippen molar-refractivity contribution >= 4 is 11.9 Å². The van der Waals surface area contributed by atoms with Gasteiger partial charge in [0.15, 0.2) is 11.5 Å². The molecular formula is C30H47N3O6. The van der Waals surface area contributed by atoms with E-state index in [1.165, 1.54) is 0 Å². The summed E-state index contributed by atoms with van der Waals surface area (Å²) in [7, 11) is 1.56. The molecule has 0 bridgehead atoms. The molecular weight excluding hydrogens is 498 g/mol. The zero-order chi connectivity index (χ0) is 28.6. The van der Waals surface area contributed by atoms with Crippen LogP contribution in [0.15, 0.2) is 24.3 Å². The quantitative estimate of drug-likeness (QED) is 0.248. The fourth-order valence-electron chi connectivity index (χ4n) is 5.94. The number of carbonyl (C=O) groups excluding carboxylic acids is 1. The summed E-state index contributed by atoms with van der Waals surface area (Å²) in [6.45, 7) is 11.0. The molecule has 0 radical (unpaired) electrons. The number of benzene rings is 1. The number of rotatable bonds is 15. The molecule has 0 aliphatic carbocycles. The Morgan fingerprint density at radius 3 is 2.62 bits per heavy atom. The van der Waals surface area contributed by atoms with Crippen LogP contribution in [0.2, 0.25) is 0 Å². The average Bonchev–Trinajstić information content (AvgIpc) is 3.50. The third-order valence-corrected chi connectivity index (χ3v) is 7.85. The highest BCUT2D eigenvalue weighted by Gasteiger charge is 2.49. The zero-order valence-corrected chi connectivity index (χ0v) is 24.3. The number of likely N-dealkylation sites (tertiary alicyclic amines) is 1. The Balaban J connectivity index is 1.96. The van der Waals surface area contributed by atoms with Crippen LogP contribution in [0, 0.1) is 11.3 Å². The normalized spacial score (nSPS) is 21.0. The second-order valence-electron chi connectivity index (χ2n) is 11.3. The summed E-state index contributed by atoms with van der Waals surface area (Å²) < 4.78 is 16.8. The van der Waals surface area contributed by atoms with Crippen LogP contribution in [0.1, 0.15) is 71.3 Å². The van der Waals surface area contributed by atoms with Crippen LogP contribution in [0.25, 0.3) is 0 Å². The lowest BCUT2D eigenvalue weighted by Crippen LogP contribution is -2.46. The first-order valence-electron chi connectivity index (χ1n) is 14.2. The molecule has 9 nitrogen and oxygen atoms in total. The van der Waals surface area contributed by atoms with Crippen molar-refractivity contribution in [2.75, 3.05) is 46.6 Å². The molecule has 218 valence electrons. The average molecular weight is 546 g/mol. The van der Waals surface area contributed by atoms with Crippen molar-refractivity contribution in [3.05, 3.63) is 29.8 Å². The van der Waals surface area contributed by atoms with E-state index < -0.39 is 11.9 Å². The number of carboxylic acids is 1. The summed E-state index contributed by atoms with van der Waals surface area (Å²) in [5.74, 6) is -0.247. The molecule has 39 heavy (non-hydrogen) atoms. The Kier molecular flexibility index (Phi) is 11.1. The molecule has 1 saturated heterocycles. The molecule has 1 aromatic rings. The van der Waals surface area contributed by atoms with Gasteiger partial charge in [-0.05, 0) is 62.3 Å². The molecule has 2 aliphatic rings. The summed E-state index contributed by atoms with van der Waals surface area (Å²) in [5.41, 5.74) is 6.28. The van der Waals surface area contributed by atoms with E-state index in [1.807, 2.05) is 30.0 Å². The fourth-order valence-corrected chi connectivity index (χ4v) is 5.94. The number of allylic oxidation sites excluding steroid dienone is 2. The van der Waals surface area contributed by atoms with Crippen molar-refractivity contribution in [1.29, 1.82) is 0 Å². The number of methoxy groups -OCH3 is 1. The predicted molar refractivity (Wildman–Crippen MR) is 151 cm³/mol. The predicted octanol–water partition coefficient (Wildman–Crippen LogP) is 4.25. The summed E-state index contributed by atoms with van der Waals surface area (Å²) in [5, 5.41) is 10.5. The molecule has 2 heterocycles. The van der Waals surface area contributed by atoms with Gasteiger partial charge < -0.3 is 30.0 Å². The Bertz CT molecular complexity index is 1010. The summed E-state index contributed by atoms with van der Waals surface area (Å²) in [4.78, 5) is 30.5. The number of nitrogens with zero attached hydrogens (tertiary/aromatic N) is 2. The van der Waals surface area contributed by atoms with Crippen molar-refractivity contribution in [2.24, 2.45) is 17.1 Å². The molecule has 3 N–H and O–H groups in total. The van der Waals surface area contributed by atoms with Gasteiger partial charge in [-0.15, -0.1) is 0 Å². The zero-order valence-electron chi connectivity index (χ0n) is 24.3. The maximum atomic E-state index is 13.6. The topological polar surface area (TPSA) is 115 Å². The van der Waals surface area contributed by atoms with Crippen LogP contribution in [-0.4, -0.2) is 79.5 Å². The second kappa shape index (κ2) is 14.0. The van der Waals surface area contributed by atoms with Crippen LogP contribution in [0.3, 0.4) is 0 Å². The van der Waals surface area contributed by atoms with Crippen LogP contribution in [0.5, 0.6) is 17.2 Å². The maximum absolute atomic E-state index is 13.6. The Morgan fingerprint density at radius 1 is 1.23 bits per heavy atom. The van der Waals surface area contributed by atoms with Crippen LogP contribution >= 0.6 is 0 Å². The molecule has 2 aliphatic heterocycles. The van der Waals surface area contributed by atoms with E-state index in [2.05, 4.69) is 31.7 Å². The highest BCUT2D eigenvalue weighted by molar-refractivity contribution is 5.79. The molecule has 1 fully saturated rings. The van der Waals surface area contributed by atoms with E-state index in [-0.39, 0.29) is 36.6 Å². The van der Waals surface area contributed by atoms with Gasteiger partial charge in [-0.3, -0.25) is 14.5 Å². The lowest BCUT2D eigenvalue weighted by molar-refractivity contribution is -0.144. The first-order chi connectivity index (χ1) is 18.6. The first kappa shape index (κ1) is 30.8.